The number of hydrogen-bond acceptors (Lipinski definition) is 1. The van der Waals surface area contributed by atoms with Gasteiger partial charge in [0.25, 0.3) is 0 Å². The van der Waals surface area contributed by atoms with Crippen LogP contribution < -0.4 is 0 Å². The van der Waals surface area contributed by atoms with Crippen LogP contribution in [-0.4, -0.2) is 4.57 Å². The highest BCUT2D eigenvalue weighted by molar-refractivity contribution is 7.25. The van der Waals surface area contributed by atoms with Gasteiger partial charge in [-0.1, -0.05) is 133 Å². The van der Waals surface area contributed by atoms with E-state index in [1.165, 1.54) is 124 Å². The maximum absolute atomic E-state index is 2.47. The third kappa shape index (κ3) is 4.64. The van der Waals surface area contributed by atoms with Crippen LogP contribution in [0.3, 0.4) is 0 Å². The summed E-state index contributed by atoms with van der Waals surface area (Å²) in [6.07, 6.45) is 0. The van der Waals surface area contributed by atoms with Crippen LogP contribution in [0.2, 0.25) is 0 Å². The van der Waals surface area contributed by atoms with Gasteiger partial charge >= 0.3 is 0 Å². The normalized spacial score (nSPS) is 12.1. The van der Waals surface area contributed by atoms with Gasteiger partial charge in [0.1, 0.15) is 0 Å². The van der Waals surface area contributed by atoms with Crippen molar-refractivity contribution < 1.29 is 0 Å². The first-order valence-electron chi connectivity index (χ1n) is 20.0. The quantitative estimate of drug-likeness (QED) is 0.125. The van der Waals surface area contributed by atoms with Crippen LogP contribution >= 0.6 is 11.3 Å². The Bertz CT molecular complexity index is 3850. The zero-order valence-corrected chi connectivity index (χ0v) is 32.2. The van der Waals surface area contributed by atoms with Crippen LogP contribution in [0.25, 0.3) is 124 Å². The van der Waals surface area contributed by atoms with Gasteiger partial charge in [-0.2, -0.15) is 0 Å². The van der Waals surface area contributed by atoms with Crippen LogP contribution in [0.15, 0.2) is 200 Å². The lowest BCUT2D eigenvalue weighted by molar-refractivity contribution is 1.19. The maximum atomic E-state index is 2.47. The summed E-state index contributed by atoms with van der Waals surface area (Å²) < 4.78 is 5.10. The maximum Gasteiger partial charge on any atom is 0.0625 e. The first kappa shape index (κ1) is 31.9. The second kappa shape index (κ2) is 12.1. The van der Waals surface area contributed by atoms with E-state index in [4.69, 9.17) is 0 Å². The third-order valence-corrected chi connectivity index (χ3v) is 13.6. The highest BCUT2D eigenvalue weighted by atomic mass is 32.1. The van der Waals surface area contributed by atoms with Gasteiger partial charge in [-0.15, -0.1) is 11.3 Å². The van der Waals surface area contributed by atoms with Crippen molar-refractivity contribution in [3.05, 3.63) is 200 Å². The molecule has 2 aromatic heterocycles. The van der Waals surface area contributed by atoms with Crippen LogP contribution in [0, 0.1) is 0 Å². The second-order valence-corrected chi connectivity index (χ2v) is 16.7. The van der Waals surface area contributed by atoms with E-state index in [1.54, 1.807) is 0 Å². The molecule has 2 heterocycles. The summed E-state index contributed by atoms with van der Waals surface area (Å²) in [5.74, 6) is 0. The van der Waals surface area contributed by atoms with Crippen LogP contribution in [-0.2, 0) is 0 Å². The number of benzene rings is 11. The number of aromatic nitrogens is 1. The zero-order valence-electron chi connectivity index (χ0n) is 31.4. The predicted molar refractivity (Wildman–Crippen MR) is 252 cm³/mol. The summed E-state index contributed by atoms with van der Waals surface area (Å²) >= 11 is 1.88. The molecule has 13 aromatic rings. The molecule has 0 atom stereocenters. The molecule has 0 aliphatic heterocycles. The molecule has 11 aromatic carbocycles. The topological polar surface area (TPSA) is 4.93 Å². The Balaban J connectivity index is 1.01. The summed E-state index contributed by atoms with van der Waals surface area (Å²) in [4.78, 5) is 0. The van der Waals surface area contributed by atoms with Crippen molar-refractivity contribution in [2.24, 2.45) is 0 Å². The van der Waals surface area contributed by atoms with E-state index in [1.807, 2.05) is 11.3 Å². The van der Waals surface area contributed by atoms with Crippen molar-refractivity contribution in [3.8, 4) is 27.9 Å². The van der Waals surface area contributed by atoms with Crippen molar-refractivity contribution >= 4 is 107 Å². The van der Waals surface area contributed by atoms with E-state index in [0.717, 1.165) is 0 Å². The van der Waals surface area contributed by atoms with Crippen LogP contribution in [0.1, 0.15) is 0 Å². The Labute approximate surface area is 338 Å². The van der Waals surface area contributed by atoms with Gasteiger partial charge in [0.05, 0.1) is 11.0 Å². The van der Waals surface area contributed by atoms with E-state index in [-0.39, 0.29) is 0 Å². The van der Waals surface area contributed by atoms with Crippen LogP contribution in [0.4, 0.5) is 0 Å². The van der Waals surface area contributed by atoms with E-state index in [0.29, 0.717) is 0 Å². The minimum atomic E-state index is 1.17. The van der Waals surface area contributed by atoms with Gasteiger partial charge < -0.3 is 4.57 Å². The van der Waals surface area contributed by atoms with E-state index in [2.05, 4.69) is 205 Å². The molecule has 2 heteroatoms. The summed E-state index contributed by atoms with van der Waals surface area (Å²) in [7, 11) is 0. The smallest absolute Gasteiger partial charge is 0.0625 e. The fraction of sp³-hybridized carbons (Fsp3) is 0. The Kier molecular flexibility index (Phi) is 6.66. The lowest BCUT2D eigenvalue weighted by Crippen LogP contribution is -1.95. The summed E-state index contributed by atoms with van der Waals surface area (Å²) in [6, 6.07) is 74.6. The molecule has 1 nitrogen and oxygen atoms in total. The van der Waals surface area contributed by atoms with Gasteiger partial charge in [0, 0.05) is 42.0 Å². The lowest BCUT2D eigenvalue weighted by Gasteiger charge is -2.15. The van der Waals surface area contributed by atoms with Gasteiger partial charge in [-0.05, 0) is 137 Å². The Morgan fingerprint density at radius 3 is 1.53 bits per heavy atom. The molecular formula is C56H33NS. The Hall–Kier alpha value is -7.26. The first-order valence-corrected chi connectivity index (χ1v) is 20.8. The molecular weight excluding hydrogens is 719 g/mol. The van der Waals surface area contributed by atoms with Crippen molar-refractivity contribution in [2.45, 2.75) is 0 Å². The van der Waals surface area contributed by atoms with Crippen molar-refractivity contribution in [1.82, 2.24) is 4.57 Å². The molecule has 0 fully saturated rings. The van der Waals surface area contributed by atoms with Gasteiger partial charge in [-0.25, -0.2) is 0 Å². The molecule has 13 rings (SSSR count). The lowest BCUT2D eigenvalue weighted by atomic mass is 9.90. The summed E-state index contributed by atoms with van der Waals surface area (Å²) in [5, 5.41) is 18.0. The van der Waals surface area contributed by atoms with Gasteiger partial charge in [-0.3, -0.25) is 0 Å². The Morgan fingerprint density at radius 2 is 0.793 bits per heavy atom. The third-order valence-electron chi connectivity index (χ3n) is 12.5. The number of hydrogen-bond donors (Lipinski definition) is 0. The molecule has 58 heavy (non-hydrogen) atoms. The number of rotatable bonds is 3. The van der Waals surface area contributed by atoms with Crippen molar-refractivity contribution in [1.29, 1.82) is 0 Å². The fourth-order valence-electron chi connectivity index (χ4n) is 9.77. The van der Waals surface area contributed by atoms with Crippen molar-refractivity contribution in [3.63, 3.8) is 0 Å². The number of fused-ring (bicyclic) bond motifs is 15. The molecule has 0 aliphatic rings. The molecule has 0 aliphatic carbocycles. The van der Waals surface area contributed by atoms with Gasteiger partial charge in [0.15, 0.2) is 0 Å². The standard InChI is InChI=1S/C56H33NS/c1-2-12-42(13-3-1)57-52-17-9-8-16-45(52)48-25-24-46-43-14-6-7-15-44(43)49-31-38(20-23-47(49)55(46)56(48)57)40-22-27-54-51(33-40)50-32-39(21-26-53(50)58-54)36-18-19-37-28-34-10-4-5-11-35(34)29-41(37)30-36/h1-33H. The van der Waals surface area contributed by atoms with E-state index in [9.17, 15) is 0 Å². The van der Waals surface area contributed by atoms with Crippen LogP contribution in [0.5, 0.6) is 0 Å². The molecule has 0 radical (unpaired) electrons. The monoisotopic (exact) mass is 751 g/mol. The SMILES string of the molecule is c1ccc(-n2c3ccccc3c3ccc4c5ccccc5c5cc(-c6ccc7sc8ccc(-c9ccc%10cc%11ccccc%11cc%10c9)cc8c7c6)ccc5c4c32)cc1. The molecule has 0 bridgehead atoms. The average molecular weight is 752 g/mol. The Morgan fingerprint density at radius 1 is 0.293 bits per heavy atom. The minimum Gasteiger partial charge on any atom is -0.309 e. The molecule has 0 saturated heterocycles. The first-order chi connectivity index (χ1) is 28.7. The number of thiophene rings is 1. The zero-order chi connectivity index (χ0) is 37.9. The van der Waals surface area contributed by atoms with Crippen molar-refractivity contribution in [2.75, 3.05) is 0 Å². The molecule has 0 amide bonds. The predicted octanol–water partition coefficient (Wildman–Crippen LogP) is 16.3. The largest absolute Gasteiger partial charge is 0.309 e. The average Bonchev–Trinajstić information content (AvgIpc) is 3.83. The molecule has 0 spiro atoms. The number of para-hydroxylation sites is 2. The summed E-state index contributed by atoms with van der Waals surface area (Å²) in [5.41, 5.74) is 8.61. The fourth-order valence-corrected chi connectivity index (χ4v) is 10.8. The summed E-state index contributed by atoms with van der Waals surface area (Å²) in [6.45, 7) is 0. The molecule has 0 saturated carbocycles. The highest BCUT2D eigenvalue weighted by Crippen LogP contribution is 2.45. The highest BCUT2D eigenvalue weighted by Gasteiger charge is 2.19. The molecule has 0 N–H and O–H groups in total. The molecule has 0 unspecified atom stereocenters. The molecule has 268 valence electrons. The second-order valence-electron chi connectivity index (χ2n) is 15.7. The van der Waals surface area contributed by atoms with E-state index >= 15 is 0 Å². The van der Waals surface area contributed by atoms with E-state index < -0.39 is 0 Å². The number of nitrogens with zero attached hydrogens (tertiary/aromatic N) is 1. The van der Waals surface area contributed by atoms with Gasteiger partial charge in [0.2, 0.25) is 0 Å². The minimum absolute atomic E-state index is 1.17.